The van der Waals surface area contributed by atoms with Crippen LogP contribution in [-0.2, 0) is 66.4 Å². The molecule has 24 atom stereocenters. The number of fused-ring (bicyclic) bond motifs is 5. The molecule has 428 valence electrons. The number of esters is 1. The summed E-state index contributed by atoms with van der Waals surface area (Å²) in [6.45, 7) is 12.4. The van der Waals surface area contributed by atoms with Gasteiger partial charge in [0.1, 0.15) is 53.1 Å². The monoisotopic (exact) mass is 1080 g/mol. The summed E-state index contributed by atoms with van der Waals surface area (Å²) in [5.74, 6) is -1.96. The predicted octanol–water partition coefficient (Wildman–Crippen LogP) is 4.54. The lowest BCUT2D eigenvalue weighted by molar-refractivity contribution is -0.347. The highest BCUT2D eigenvalue weighted by Crippen LogP contribution is 2.71. The van der Waals surface area contributed by atoms with Crippen LogP contribution in [0, 0.1) is 16.7 Å². The van der Waals surface area contributed by atoms with E-state index in [1.165, 1.54) is 31.2 Å². The molecule has 5 N–H and O–H groups in total. The maximum atomic E-state index is 13.8. The number of hydrogen-bond acceptors (Lipinski definition) is 20. The van der Waals surface area contributed by atoms with Gasteiger partial charge in [-0.05, 0) is 116 Å². The highest BCUT2D eigenvalue weighted by Gasteiger charge is 2.81. The van der Waals surface area contributed by atoms with Gasteiger partial charge in [0.25, 0.3) is 0 Å². The normalized spacial score (nSPS) is 48.5. The van der Waals surface area contributed by atoms with E-state index < -0.39 is 144 Å². The SMILES string of the molecule is CO[C@H]1C[C@H](O[C@H]2CC[C@@]3(C)C(=CC[C@]4(O)[C@@H]3C[C@@H](OC(=O)c3ccc(O)cc3)[C@@]3(C)[C@]4(O)CC[C@@]3(O)C(C)=O)C2)O[C@H](C)[C@H]1O[C@H]1C[C@H](OC)[C@H](O[C@H]2C[C@@H](OC)[C@H](O[C@H]3C[C@@H](OC)[C@@H](O)[C@H](C)O3)[C@@H](C)O2)[C@@H](C)O1. The number of ether oxygens (including phenoxy) is 13. The number of methoxy groups -OCH3 is 4. The average molecular weight is 1080 g/mol. The first-order chi connectivity index (χ1) is 36.0. The predicted molar refractivity (Wildman–Crippen MR) is 267 cm³/mol. The van der Waals surface area contributed by atoms with E-state index >= 15 is 0 Å². The molecule has 76 heavy (non-hydrogen) atoms. The lowest BCUT2D eigenvalue weighted by Crippen LogP contribution is -2.78. The lowest BCUT2D eigenvalue weighted by Gasteiger charge is -2.67. The zero-order valence-electron chi connectivity index (χ0n) is 46.0. The standard InChI is InChI=1S/C56H84O20/c1-28-47(59)37(64-8)23-44(68-28)74-49-30(3)70-46(25-39(49)66-10)76-50-31(4)71-45(26-40(50)67-11)75-48-29(2)69-43(24-38(48)65-9)72-36-17-18-52(6)34(22-36)16-19-55(62)41(52)27-42(73-51(60)33-12-14-35(58)15-13-33)53(7)54(61,32(5)57)20-21-56(53,55)63/h12-16,28-31,36-50,58-59,61-63H,17-27H2,1-11H3/t28-,29+,30+,31+,36-,37+,38-,39+,40-,41+,42+,43-,44-,45-,46-,47-,48+,49+,50+,52-,53+,54+,55-,56+/m0/s1. The molecule has 3 saturated carbocycles. The number of benzene rings is 1. The molecule has 1 aromatic carbocycles. The number of hydrogen-bond donors (Lipinski definition) is 5. The summed E-state index contributed by atoms with van der Waals surface area (Å²) in [6, 6.07) is 5.59. The second-order valence-electron chi connectivity index (χ2n) is 23.4. The molecule has 4 saturated heterocycles. The Hall–Kier alpha value is -2.74. The van der Waals surface area contributed by atoms with Gasteiger partial charge < -0.3 is 87.1 Å². The van der Waals surface area contributed by atoms with Crippen molar-refractivity contribution in [3.8, 4) is 5.75 Å². The van der Waals surface area contributed by atoms with Crippen LogP contribution in [-0.4, -0.2) is 193 Å². The summed E-state index contributed by atoms with van der Waals surface area (Å²) in [6.07, 6.45) is -4.55. The Balaban J connectivity index is 0.812. The molecule has 4 aliphatic carbocycles. The van der Waals surface area contributed by atoms with Gasteiger partial charge in [-0.1, -0.05) is 18.6 Å². The number of rotatable bonds is 15. The fraction of sp³-hybridized carbons (Fsp3) is 0.821. The van der Waals surface area contributed by atoms with Gasteiger partial charge in [-0.2, -0.15) is 0 Å². The summed E-state index contributed by atoms with van der Waals surface area (Å²) in [7, 11) is 6.46. The van der Waals surface area contributed by atoms with Gasteiger partial charge in [-0.3, -0.25) is 4.79 Å². The lowest BCUT2D eigenvalue weighted by atomic mass is 9.42. The summed E-state index contributed by atoms with van der Waals surface area (Å²) in [5, 5.41) is 58.4. The number of aromatic hydroxyl groups is 1. The molecule has 9 rings (SSSR count). The van der Waals surface area contributed by atoms with Gasteiger partial charge in [-0.15, -0.1) is 0 Å². The first-order valence-electron chi connectivity index (χ1n) is 27.4. The molecular weight excluding hydrogens is 993 g/mol. The molecule has 0 spiro atoms. The van der Waals surface area contributed by atoms with Gasteiger partial charge in [0.15, 0.2) is 30.9 Å². The largest absolute Gasteiger partial charge is 0.508 e. The highest BCUT2D eigenvalue weighted by atomic mass is 16.8. The van der Waals surface area contributed by atoms with E-state index in [0.717, 1.165) is 5.57 Å². The van der Waals surface area contributed by atoms with E-state index in [1.54, 1.807) is 42.3 Å². The Morgan fingerprint density at radius 2 is 1.11 bits per heavy atom. The van der Waals surface area contributed by atoms with E-state index in [9.17, 15) is 35.1 Å². The molecule has 20 heteroatoms. The second-order valence-corrected chi connectivity index (χ2v) is 23.4. The summed E-state index contributed by atoms with van der Waals surface area (Å²) < 4.78 is 81.5. The minimum absolute atomic E-state index is 0.0308. The van der Waals surface area contributed by atoms with E-state index in [4.69, 9.17) is 61.6 Å². The van der Waals surface area contributed by atoms with Crippen LogP contribution in [0.15, 0.2) is 35.9 Å². The van der Waals surface area contributed by atoms with Gasteiger partial charge in [-0.25, -0.2) is 4.79 Å². The molecular formula is C56H84O20. The van der Waals surface area contributed by atoms with Crippen LogP contribution in [0.5, 0.6) is 5.75 Å². The topological polar surface area (TPSA) is 255 Å². The Kier molecular flexibility index (Phi) is 17.0. The van der Waals surface area contributed by atoms with E-state index in [1.807, 2.05) is 26.8 Å². The van der Waals surface area contributed by atoms with Crippen molar-refractivity contribution >= 4 is 11.8 Å². The van der Waals surface area contributed by atoms with Crippen LogP contribution in [0.2, 0.25) is 0 Å². The van der Waals surface area contributed by atoms with Crippen molar-refractivity contribution in [1.29, 1.82) is 0 Å². The number of phenolic OH excluding ortho intramolecular Hbond substituents is 1. The third kappa shape index (κ3) is 10.0. The maximum absolute atomic E-state index is 13.8. The van der Waals surface area contributed by atoms with Crippen LogP contribution in [0.25, 0.3) is 0 Å². The van der Waals surface area contributed by atoms with Crippen molar-refractivity contribution in [2.75, 3.05) is 28.4 Å². The van der Waals surface area contributed by atoms with E-state index in [2.05, 4.69) is 6.92 Å². The summed E-state index contributed by atoms with van der Waals surface area (Å²) in [5.41, 5.74) is -7.08. The van der Waals surface area contributed by atoms with Crippen molar-refractivity contribution in [1.82, 2.24) is 0 Å². The Bertz CT molecular complexity index is 2230. The van der Waals surface area contributed by atoms with Gasteiger partial charge >= 0.3 is 5.97 Å². The van der Waals surface area contributed by atoms with Crippen molar-refractivity contribution in [3.05, 3.63) is 41.5 Å². The third-order valence-corrected chi connectivity index (χ3v) is 19.5. The van der Waals surface area contributed by atoms with Crippen LogP contribution in [0.4, 0.5) is 0 Å². The van der Waals surface area contributed by atoms with Gasteiger partial charge in [0, 0.05) is 60.0 Å². The molecule has 0 bridgehead atoms. The summed E-state index contributed by atoms with van der Waals surface area (Å²) in [4.78, 5) is 27.1. The highest BCUT2D eigenvalue weighted by molar-refractivity contribution is 5.90. The van der Waals surface area contributed by atoms with Crippen molar-refractivity contribution in [3.63, 3.8) is 0 Å². The molecule has 4 aliphatic heterocycles. The second kappa shape index (κ2) is 22.3. The Morgan fingerprint density at radius 3 is 1.59 bits per heavy atom. The number of carbonyl (C=O) groups is 2. The van der Waals surface area contributed by atoms with E-state index in [0.29, 0.717) is 44.9 Å². The molecule has 8 aliphatic rings. The minimum Gasteiger partial charge on any atom is -0.508 e. The number of ketones is 1. The smallest absolute Gasteiger partial charge is 0.338 e. The van der Waals surface area contributed by atoms with Gasteiger partial charge in [0.05, 0.1) is 65.9 Å². The van der Waals surface area contributed by atoms with Crippen molar-refractivity contribution in [2.24, 2.45) is 16.7 Å². The first kappa shape index (κ1) is 57.9. The van der Waals surface area contributed by atoms with Gasteiger partial charge in [0.2, 0.25) is 0 Å². The molecule has 1 aromatic rings. The fourth-order valence-electron chi connectivity index (χ4n) is 14.9. The zero-order valence-corrected chi connectivity index (χ0v) is 46.0. The number of aliphatic hydroxyl groups excluding tert-OH is 1. The molecule has 0 radical (unpaired) electrons. The molecule has 20 nitrogen and oxygen atoms in total. The zero-order chi connectivity index (χ0) is 54.9. The number of Topliss-reactive ketones (excluding diaryl/α,β-unsaturated/α-hetero) is 1. The molecule has 4 heterocycles. The van der Waals surface area contributed by atoms with Crippen molar-refractivity contribution < 1.29 is 96.7 Å². The van der Waals surface area contributed by atoms with E-state index in [-0.39, 0.29) is 49.2 Å². The van der Waals surface area contributed by atoms with Crippen LogP contribution < -0.4 is 0 Å². The molecule has 0 amide bonds. The fourth-order valence-corrected chi connectivity index (χ4v) is 14.9. The van der Waals surface area contributed by atoms with Crippen molar-refractivity contribution in [2.45, 2.75) is 247 Å². The van der Waals surface area contributed by atoms with Crippen LogP contribution >= 0.6 is 0 Å². The third-order valence-electron chi connectivity index (χ3n) is 19.5. The minimum atomic E-state index is -2.08. The average Bonchev–Trinajstić information content (AvgIpc) is 3.75. The quantitative estimate of drug-likeness (QED) is 0.119. The molecule has 7 fully saturated rings. The molecule has 0 aromatic heterocycles. The number of phenols is 1. The van der Waals surface area contributed by atoms with Crippen LogP contribution in [0.1, 0.15) is 129 Å². The number of carbonyl (C=O) groups excluding carboxylic acids is 2. The number of aliphatic hydroxyl groups is 4. The summed E-state index contributed by atoms with van der Waals surface area (Å²) >= 11 is 0. The Labute approximate surface area is 446 Å². The first-order valence-corrected chi connectivity index (χ1v) is 27.4. The maximum Gasteiger partial charge on any atom is 0.338 e. The van der Waals surface area contributed by atoms with Crippen LogP contribution in [0.3, 0.4) is 0 Å². The molecule has 0 unspecified atom stereocenters. The Morgan fingerprint density at radius 1 is 0.632 bits per heavy atom.